The Kier molecular flexibility index (Phi) is 4.61. The smallest absolute Gasteiger partial charge is 0.374 e. The molecule has 0 radical (unpaired) electrons. The van der Waals surface area contributed by atoms with Crippen LogP contribution in [0.2, 0.25) is 0 Å². The lowest BCUT2D eigenvalue weighted by Crippen LogP contribution is -2.03. The summed E-state index contributed by atoms with van der Waals surface area (Å²) in [4.78, 5) is 23.0. The summed E-state index contributed by atoms with van der Waals surface area (Å²) < 4.78 is 16.0. The summed E-state index contributed by atoms with van der Waals surface area (Å²) in [6, 6.07) is 14.4. The highest BCUT2D eigenvalue weighted by molar-refractivity contribution is 6.00. The average Bonchev–Trinajstić information content (AvgIpc) is 3.08. The molecule has 1 aromatic heterocycles. The Morgan fingerprint density at radius 3 is 2.75 bits per heavy atom. The van der Waals surface area contributed by atoms with Gasteiger partial charge in [-0.05, 0) is 35.9 Å². The highest BCUT2D eigenvalue weighted by atomic mass is 16.5. The zero-order chi connectivity index (χ0) is 16.9. The Bertz CT molecular complexity index is 878. The molecule has 0 fully saturated rings. The van der Waals surface area contributed by atoms with Crippen LogP contribution in [0.15, 0.2) is 52.9 Å². The van der Waals surface area contributed by atoms with Crippen LogP contribution in [-0.2, 0) is 11.3 Å². The van der Waals surface area contributed by atoms with Gasteiger partial charge in [-0.3, -0.25) is 4.79 Å². The average molecular weight is 324 g/mol. The first kappa shape index (κ1) is 15.8. The van der Waals surface area contributed by atoms with Crippen LogP contribution in [-0.4, -0.2) is 18.9 Å². The van der Waals surface area contributed by atoms with E-state index in [1.165, 1.54) is 6.07 Å². The summed E-state index contributed by atoms with van der Waals surface area (Å²) in [6.07, 6.45) is 0.782. The lowest BCUT2D eigenvalue weighted by molar-refractivity contribution is 0.0486. The van der Waals surface area contributed by atoms with Crippen LogP contribution < -0.4 is 4.74 Å². The van der Waals surface area contributed by atoms with Crippen molar-refractivity contribution in [2.24, 2.45) is 0 Å². The Hall–Kier alpha value is -3.08. The van der Waals surface area contributed by atoms with Crippen LogP contribution in [0.25, 0.3) is 10.8 Å². The molecule has 3 rings (SSSR count). The first-order valence-corrected chi connectivity index (χ1v) is 7.58. The molecule has 0 aliphatic rings. The quantitative estimate of drug-likeness (QED) is 0.506. The van der Waals surface area contributed by atoms with E-state index < -0.39 is 5.97 Å². The molecular weight excluding hydrogens is 308 g/mol. The van der Waals surface area contributed by atoms with Gasteiger partial charge in [0.05, 0.1) is 12.2 Å². The molecule has 0 bridgehead atoms. The van der Waals surface area contributed by atoms with E-state index in [0.717, 1.165) is 17.1 Å². The van der Waals surface area contributed by atoms with Gasteiger partial charge < -0.3 is 13.9 Å². The number of carbonyl (C=O) groups excluding carboxylic acids is 2. The summed E-state index contributed by atoms with van der Waals surface area (Å²) >= 11 is 0. The Morgan fingerprint density at radius 2 is 1.96 bits per heavy atom. The fourth-order valence-corrected chi connectivity index (χ4v) is 2.44. The molecule has 0 aliphatic heterocycles. The van der Waals surface area contributed by atoms with Crippen molar-refractivity contribution in [3.63, 3.8) is 0 Å². The molecular formula is C19H16O5. The second-order valence-corrected chi connectivity index (χ2v) is 5.09. The maximum Gasteiger partial charge on any atom is 0.374 e. The number of fused-ring (bicyclic) bond motifs is 1. The molecule has 0 amide bonds. The van der Waals surface area contributed by atoms with Gasteiger partial charge in [0.15, 0.2) is 6.29 Å². The van der Waals surface area contributed by atoms with Crippen molar-refractivity contribution < 1.29 is 23.5 Å². The molecule has 5 heteroatoms. The number of ether oxygens (including phenoxy) is 2. The number of rotatable bonds is 6. The van der Waals surface area contributed by atoms with Crippen LogP contribution >= 0.6 is 0 Å². The van der Waals surface area contributed by atoms with Gasteiger partial charge in [-0.1, -0.05) is 30.3 Å². The number of hydrogen-bond acceptors (Lipinski definition) is 5. The summed E-state index contributed by atoms with van der Waals surface area (Å²) in [6.45, 7) is 2.12. The second-order valence-electron chi connectivity index (χ2n) is 5.09. The molecule has 3 aromatic rings. The topological polar surface area (TPSA) is 65.7 Å². The number of furan rings is 1. The number of esters is 1. The van der Waals surface area contributed by atoms with Crippen molar-refractivity contribution >= 4 is 23.0 Å². The van der Waals surface area contributed by atoms with Crippen molar-refractivity contribution in [3.05, 3.63) is 65.6 Å². The van der Waals surface area contributed by atoms with Gasteiger partial charge in [0.25, 0.3) is 0 Å². The van der Waals surface area contributed by atoms with Gasteiger partial charge >= 0.3 is 5.97 Å². The third-order valence-electron chi connectivity index (χ3n) is 3.56. The van der Waals surface area contributed by atoms with E-state index in [-0.39, 0.29) is 19.0 Å². The zero-order valence-corrected chi connectivity index (χ0v) is 13.2. The molecule has 122 valence electrons. The van der Waals surface area contributed by atoms with E-state index in [0.29, 0.717) is 17.1 Å². The van der Waals surface area contributed by atoms with Gasteiger partial charge in [0.2, 0.25) is 5.76 Å². The zero-order valence-electron chi connectivity index (χ0n) is 13.2. The maximum absolute atomic E-state index is 11.6. The number of benzene rings is 2. The van der Waals surface area contributed by atoms with Crippen LogP contribution in [0.4, 0.5) is 0 Å². The minimum Gasteiger partial charge on any atom is -0.485 e. The fraction of sp³-hybridized carbons (Fsp3) is 0.158. The van der Waals surface area contributed by atoms with Crippen molar-refractivity contribution in [3.8, 4) is 5.75 Å². The van der Waals surface area contributed by atoms with Crippen molar-refractivity contribution in [2.75, 3.05) is 6.61 Å². The standard InChI is InChI=1S/C19H16O5/c1-2-22-19(21)18-10-8-14(24-18)12-23-17-9-7-13-5-3-4-6-15(13)16(17)11-20/h3-11H,2,12H2,1H3. The SMILES string of the molecule is CCOC(=O)c1ccc(COc2ccc3ccccc3c2C=O)o1. The van der Waals surface area contributed by atoms with Gasteiger partial charge in [-0.15, -0.1) is 0 Å². The summed E-state index contributed by atoms with van der Waals surface area (Å²) in [5.41, 5.74) is 0.491. The molecule has 0 atom stereocenters. The van der Waals surface area contributed by atoms with Crippen LogP contribution in [0.5, 0.6) is 5.75 Å². The monoisotopic (exact) mass is 324 g/mol. The predicted octanol–water partition coefficient (Wildman–Crippen LogP) is 4.00. The minimum atomic E-state index is -0.511. The van der Waals surface area contributed by atoms with E-state index >= 15 is 0 Å². The minimum absolute atomic E-state index is 0.110. The fourth-order valence-electron chi connectivity index (χ4n) is 2.44. The van der Waals surface area contributed by atoms with Gasteiger partial charge in [-0.25, -0.2) is 4.79 Å². The van der Waals surface area contributed by atoms with Crippen LogP contribution in [0, 0.1) is 0 Å². The highest BCUT2D eigenvalue weighted by Crippen LogP contribution is 2.27. The molecule has 0 N–H and O–H groups in total. The summed E-state index contributed by atoms with van der Waals surface area (Å²) in [5.74, 6) is 0.563. The Labute approximate surface area is 138 Å². The van der Waals surface area contributed by atoms with Crippen LogP contribution in [0.3, 0.4) is 0 Å². The third-order valence-corrected chi connectivity index (χ3v) is 3.56. The summed E-state index contributed by atoms with van der Waals surface area (Å²) in [5, 5.41) is 1.80. The van der Waals surface area contributed by atoms with Crippen LogP contribution in [0.1, 0.15) is 33.6 Å². The molecule has 0 unspecified atom stereocenters. The third kappa shape index (κ3) is 3.15. The molecule has 2 aromatic carbocycles. The second kappa shape index (κ2) is 7.00. The maximum atomic E-state index is 11.6. The van der Waals surface area contributed by atoms with E-state index in [1.54, 1.807) is 19.1 Å². The van der Waals surface area contributed by atoms with Crippen molar-refractivity contribution in [1.29, 1.82) is 0 Å². The molecule has 0 spiro atoms. The lowest BCUT2D eigenvalue weighted by atomic mass is 10.0. The highest BCUT2D eigenvalue weighted by Gasteiger charge is 2.13. The molecule has 1 heterocycles. The van der Waals surface area contributed by atoms with Crippen molar-refractivity contribution in [1.82, 2.24) is 0 Å². The van der Waals surface area contributed by atoms with Crippen molar-refractivity contribution in [2.45, 2.75) is 13.5 Å². The molecule has 5 nitrogen and oxygen atoms in total. The Balaban J connectivity index is 1.78. The summed E-state index contributed by atoms with van der Waals surface area (Å²) in [7, 11) is 0. The Morgan fingerprint density at radius 1 is 1.12 bits per heavy atom. The first-order chi connectivity index (χ1) is 11.7. The van der Waals surface area contributed by atoms with E-state index in [9.17, 15) is 9.59 Å². The number of aldehydes is 1. The number of hydrogen-bond donors (Lipinski definition) is 0. The first-order valence-electron chi connectivity index (χ1n) is 7.58. The predicted molar refractivity (Wildman–Crippen MR) is 88.3 cm³/mol. The molecule has 0 saturated carbocycles. The van der Waals surface area contributed by atoms with Gasteiger partial charge in [0, 0.05) is 0 Å². The number of carbonyl (C=O) groups is 2. The molecule has 24 heavy (non-hydrogen) atoms. The normalized spacial score (nSPS) is 10.5. The lowest BCUT2D eigenvalue weighted by Gasteiger charge is -2.09. The van der Waals surface area contributed by atoms with E-state index in [4.69, 9.17) is 13.9 Å². The van der Waals surface area contributed by atoms with Gasteiger partial charge in [-0.2, -0.15) is 0 Å². The molecule has 0 aliphatic carbocycles. The molecule has 0 saturated heterocycles. The largest absolute Gasteiger partial charge is 0.485 e. The van der Waals surface area contributed by atoms with E-state index in [2.05, 4.69) is 0 Å². The van der Waals surface area contributed by atoms with Gasteiger partial charge in [0.1, 0.15) is 18.1 Å². The van der Waals surface area contributed by atoms with E-state index in [1.807, 2.05) is 30.3 Å².